The first kappa shape index (κ1) is 38.6. The molecule has 1 aliphatic rings. The second-order valence-corrected chi connectivity index (χ2v) is 13.4. The van der Waals surface area contributed by atoms with Crippen LogP contribution in [0.25, 0.3) is 22.9 Å². The minimum atomic E-state index is -1.03. The summed E-state index contributed by atoms with van der Waals surface area (Å²) in [6.07, 6.45) is 5.41. The molecule has 15 heteroatoms. The monoisotopic (exact) mass is 764 g/mol. The van der Waals surface area contributed by atoms with E-state index in [1.165, 1.54) is 46.4 Å². The van der Waals surface area contributed by atoms with Gasteiger partial charge in [-0.05, 0) is 103 Å². The van der Waals surface area contributed by atoms with Crippen LogP contribution in [0.15, 0.2) is 85.3 Å². The maximum atomic E-state index is 15.4. The first-order valence-electron chi connectivity index (χ1n) is 17.6. The van der Waals surface area contributed by atoms with Gasteiger partial charge in [-0.1, -0.05) is 41.9 Å². The number of hydrogen-bond donors (Lipinski definition) is 1. The summed E-state index contributed by atoms with van der Waals surface area (Å²) in [6, 6.07) is 17.8. The summed E-state index contributed by atoms with van der Waals surface area (Å²) in [5.74, 6) is -2.32. The Balaban J connectivity index is 1.33. The van der Waals surface area contributed by atoms with E-state index in [9.17, 15) is 19.2 Å². The molecule has 0 bridgehead atoms. The minimum absolute atomic E-state index is 0.0172. The van der Waals surface area contributed by atoms with E-state index < -0.39 is 23.7 Å². The molecule has 55 heavy (non-hydrogen) atoms. The molecule has 13 nitrogen and oxygen atoms in total. The van der Waals surface area contributed by atoms with E-state index in [1.807, 2.05) is 49.3 Å². The Labute approximate surface area is 321 Å². The predicted molar refractivity (Wildman–Crippen MR) is 203 cm³/mol. The highest BCUT2D eigenvalue weighted by molar-refractivity contribution is 6.31. The van der Waals surface area contributed by atoms with Crippen LogP contribution in [0.2, 0.25) is 5.02 Å². The van der Waals surface area contributed by atoms with Crippen LogP contribution in [0.1, 0.15) is 56.1 Å². The minimum Gasteiger partial charge on any atom is -0.462 e. The van der Waals surface area contributed by atoms with E-state index >= 15 is 4.39 Å². The molecule has 0 saturated carbocycles. The Morgan fingerprint density at radius 3 is 2.51 bits per heavy atom. The van der Waals surface area contributed by atoms with Crippen molar-refractivity contribution in [3.05, 3.63) is 130 Å². The van der Waals surface area contributed by atoms with Crippen molar-refractivity contribution in [2.45, 2.75) is 25.8 Å². The molecule has 1 unspecified atom stereocenters. The second kappa shape index (κ2) is 17.3. The molecule has 1 aliphatic heterocycles. The molecule has 5 aromatic rings. The number of ether oxygens (including phenoxy) is 1. The van der Waals surface area contributed by atoms with E-state index in [0.717, 1.165) is 16.7 Å². The number of halogens is 2. The number of aromatic nitrogens is 5. The van der Waals surface area contributed by atoms with Crippen molar-refractivity contribution in [1.29, 1.82) is 0 Å². The number of esters is 1. The zero-order chi connectivity index (χ0) is 39.1. The number of nitrogens with zero attached hydrogens (tertiary/aromatic N) is 7. The maximum absolute atomic E-state index is 15.4. The summed E-state index contributed by atoms with van der Waals surface area (Å²) in [5.41, 5.74) is 4.62. The van der Waals surface area contributed by atoms with E-state index in [1.54, 1.807) is 31.2 Å². The van der Waals surface area contributed by atoms with Gasteiger partial charge in [0.2, 0.25) is 5.91 Å². The van der Waals surface area contributed by atoms with Crippen molar-refractivity contribution in [3.63, 3.8) is 0 Å². The molecular weight excluding hydrogens is 727 g/mol. The summed E-state index contributed by atoms with van der Waals surface area (Å²) in [7, 11) is 3.87. The standard InChI is InChI=1S/C40H38ClFN8O5/c1-4-55-40(54)27-12-13-28(44-23-27)22-35(51)38-31-7-5-6-29(25-8-10-26(11-9-25)39(53)43-19-21-48(2)3)30(31)18-20-49(38)36(52)17-14-32-34(50-24-45-46-47-50)16-15-33(41)37(32)42/h5-17,23-24,38H,4,18-22H2,1-3H3,(H,43,53)/b17-14+. The Kier molecular flexibility index (Phi) is 12.2. The summed E-state index contributed by atoms with van der Waals surface area (Å²) >= 11 is 6.11. The lowest BCUT2D eigenvalue weighted by atomic mass is 9.84. The molecule has 3 aromatic carbocycles. The SMILES string of the molecule is CCOC(=O)c1ccc(CC(=O)C2c3cccc(-c4ccc(C(=O)NCCN(C)C)cc4)c3CCN2C(=O)/C=C/c2c(-n3cnnn3)ccc(Cl)c2F)nc1. The average Bonchev–Trinajstić information content (AvgIpc) is 3.73. The molecule has 0 fully saturated rings. The Bertz CT molecular complexity index is 2230. The number of rotatable bonds is 13. The topological polar surface area (TPSA) is 153 Å². The average molecular weight is 765 g/mol. The van der Waals surface area contributed by atoms with Gasteiger partial charge in [0.1, 0.15) is 12.4 Å². The number of tetrazole rings is 1. The van der Waals surface area contributed by atoms with Crippen LogP contribution < -0.4 is 5.32 Å². The van der Waals surface area contributed by atoms with E-state index in [-0.39, 0.29) is 53.1 Å². The molecule has 2 aromatic heterocycles. The molecule has 0 spiro atoms. The number of benzene rings is 3. The van der Waals surface area contributed by atoms with Crippen LogP contribution in [0.3, 0.4) is 0 Å². The Hall–Kier alpha value is -6.12. The fourth-order valence-corrected chi connectivity index (χ4v) is 6.56. The van der Waals surface area contributed by atoms with Crippen LogP contribution in [0.5, 0.6) is 0 Å². The number of ketones is 1. The quantitative estimate of drug-likeness (QED) is 0.129. The van der Waals surface area contributed by atoms with E-state index in [2.05, 4.69) is 25.8 Å². The van der Waals surface area contributed by atoms with Crippen molar-refractivity contribution >= 4 is 41.2 Å². The number of Topliss-reactive ketones (excluding diaryl/α,β-unsaturated/α-hetero) is 1. The second-order valence-electron chi connectivity index (χ2n) is 13.0. The van der Waals surface area contributed by atoms with Gasteiger partial charge in [-0.2, -0.15) is 4.68 Å². The lowest BCUT2D eigenvalue weighted by molar-refractivity contribution is -0.136. The molecule has 0 saturated heterocycles. The molecule has 3 heterocycles. The van der Waals surface area contributed by atoms with E-state index in [4.69, 9.17) is 16.3 Å². The summed E-state index contributed by atoms with van der Waals surface area (Å²) in [5, 5.41) is 13.8. The highest BCUT2D eigenvalue weighted by atomic mass is 35.5. The van der Waals surface area contributed by atoms with Crippen LogP contribution in [-0.2, 0) is 27.2 Å². The van der Waals surface area contributed by atoms with Gasteiger partial charge in [-0.15, -0.1) is 5.10 Å². The number of carbonyl (C=O) groups excluding carboxylic acids is 4. The van der Waals surface area contributed by atoms with Gasteiger partial charge in [0.05, 0.1) is 29.3 Å². The third-order valence-electron chi connectivity index (χ3n) is 9.10. The number of fused-ring (bicyclic) bond motifs is 1. The predicted octanol–water partition coefficient (Wildman–Crippen LogP) is 4.94. The van der Waals surface area contributed by atoms with E-state index in [0.29, 0.717) is 36.3 Å². The van der Waals surface area contributed by atoms with Crippen LogP contribution >= 0.6 is 11.6 Å². The molecule has 1 atom stereocenters. The highest BCUT2D eigenvalue weighted by Gasteiger charge is 2.36. The normalized spacial score (nSPS) is 13.9. The molecule has 0 radical (unpaired) electrons. The number of amides is 2. The number of nitrogens with one attached hydrogen (secondary N) is 1. The summed E-state index contributed by atoms with van der Waals surface area (Å²) in [4.78, 5) is 61.1. The van der Waals surface area contributed by atoms with Crippen LogP contribution in [0, 0.1) is 5.82 Å². The Morgan fingerprint density at radius 2 is 1.82 bits per heavy atom. The summed E-state index contributed by atoms with van der Waals surface area (Å²) < 4.78 is 21.7. The molecule has 282 valence electrons. The largest absolute Gasteiger partial charge is 0.462 e. The smallest absolute Gasteiger partial charge is 0.339 e. The number of pyridine rings is 1. The van der Waals surface area contributed by atoms with Gasteiger partial charge < -0.3 is 19.9 Å². The van der Waals surface area contributed by atoms with Crippen molar-refractivity contribution in [2.24, 2.45) is 0 Å². The van der Waals surface area contributed by atoms with Crippen LogP contribution in [0.4, 0.5) is 4.39 Å². The lowest BCUT2D eigenvalue weighted by Gasteiger charge is -2.37. The fraction of sp³-hybridized carbons (Fsp3) is 0.250. The van der Waals surface area contributed by atoms with Crippen molar-refractivity contribution in [2.75, 3.05) is 40.3 Å². The van der Waals surface area contributed by atoms with Crippen LogP contribution in [-0.4, -0.2) is 98.9 Å². The Morgan fingerprint density at radius 1 is 1.04 bits per heavy atom. The van der Waals surface area contributed by atoms with Gasteiger partial charge in [0.15, 0.2) is 11.6 Å². The highest BCUT2D eigenvalue weighted by Crippen LogP contribution is 2.38. The van der Waals surface area contributed by atoms with Gasteiger partial charge in [-0.3, -0.25) is 19.4 Å². The van der Waals surface area contributed by atoms with Crippen molar-refractivity contribution < 1.29 is 28.3 Å². The molecule has 6 rings (SSSR count). The lowest BCUT2D eigenvalue weighted by Crippen LogP contribution is -2.43. The number of likely N-dealkylation sites (N-methyl/N-ethyl adjacent to an activating group) is 1. The zero-order valence-corrected chi connectivity index (χ0v) is 31.2. The van der Waals surface area contributed by atoms with Gasteiger partial charge in [0, 0.05) is 48.7 Å². The number of hydrogen-bond acceptors (Lipinski definition) is 10. The van der Waals surface area contributed by atoms with Gasteiger partial charge in [-0.25, -0.2) is 9.18 Å². The third kappa shape index (κ3) is 8.82. The third-order valence-corrected chi connectivity index (χ3v) is 9.39. The zero-order valence-electron chi connectivity index (χ0n) is 30.4. The van der Waals surface area contributed by atoms with Crippen molar-refractivity contribution in [3.8, 4) is 16.8 Å². The van der Waals surface area contributed by atoms with Crippen molar-refractivity contribution in [1.82, 2.24) is 40.3 Å². The summed E-state index contributed by atoms with van der Waals surface area (Å²) in [6.45, 7) is 3.31. The first-order chi connectivity index (χ1) is 26.5. The van der Waals surface area contributed by atoms with Gasteiger partial charge in [0.25, 0.3) is 5.91 Å². The molecule has 0 aliphatic carbocycles. The van der Waals surface area contributed by atoms with Gasteiger partial charge >= 0.3 is 5.97 Å². The number of carbonyl (C=O) groups is 4. The maximum Gasteiger partial charge on any atom is 0.339 e. The first-order valence-corrected chi connectivity index (χ1v) is 17.9. The molecular formula is C40H38ClFN8O5. The fourth-order valence-electron chi connectivity index (χ4n) is 6.40. The molecule has 1 N–H and O–H groups in total. The molecule has 2 amide bonds.